The molecule has 0 radical (unpaired) electrons. The lowest BCUT2D eigenvalue weighted by molar-refractivity contribution is -0.130. The number of halogens is 1. The molecule has 1 saturated heterocycles. The standard InChI is InChI=1S/C17H23ClN2O5/c1-10(9-23-2)20-8-11(5-16(20)21)17(22)19-13-7-14(24-3)12(18)6-15(13)25-4/h6-7,10-11H,5,8-9H2,1-4H3,(H,19,22)/t10-,11-/m0/s1. The van der Waals surface area contributed by atoms with E-state index in [1.165, 1.54) is 14.2 Å². The monoisotopic (exact) mass is 370 g/mol. The molecule has 0 unspecified atom stereocenters. The molecule has 25 heavy (non-hydrogen) atoms. The summed E-state index contributed by atoms with van der Waals surface area (Å²) in [6, 6.07) is 3.10. The summed E-state index contributed by atoms with van der Waals surface area (Å²) in [5, 5.41) is 3.19. The Balaban J connectivity index is 2.11. The molecule has 0 saturated carbocycles. The highest BCUT2D eigenvalue weighted by atomic mass is 35.5. The molecule has 1 aromatic carbocycles. The number of nitrogens with zero attached hydrogens (tertiary/aromatic N) is 1. The summed E-state index contributed by atoms with van der Waals surface area (Å²) in [5.74, 6) is 0.121. The van der Waals surface area contributed by atoms with Crippen LogP contribution >= 0.6 is 11.6 Å². The summed E-state index contributed by atoms with van der Waals surface area (Å²) in [4.78, 5) is 26.4. The van der Waals surface area contributed by atoms with E-state index in [1.807, 2.05) is 6.92 Å². The van der Waals surface area contributed by atoms with Crippen molar-refractivity contribution in [1.29, 1.82) is 0 Å². The second-order valence-electron chi connectivity index (χ2n) is 5.93. The fraction of sp³-hybridized carbons (Fsp3) is 0.529. The van der Waals surface area contributed by atoms with Crippen molar-refractivity contribution in [2.75, 3.05) is 39.8 Å². The van der Waals surface area contributed by atoms with Crippen molar-refractivity contribution in [3.8, 4) is 11.5 Å². The first-order valence-corrected chi connectivity index (χ1v) is 8.29. The third kappa shape index (κ3) is 4.35. The van der Waals surface area contributed by atoms with Gasteiger partial charge in [0.2, 0.25) is 11.8 Å². The van der Waals surface area contributed by atoms with E-state index >= 15 is 0 Å². The number of benzene rings is 1. The van der Waals surface area contributed by atoms with Crippen LogP contribution in [0.1, 0.15) is 13.3 Å². The molecule has 0 bridgehead atoms. The minimum absolute atomic E-state index is 0.0506. The molecule has 1 N–H and O–H groups in total. The predicted molar refractivity (Wildman–Crippen MR) is 94.3 cm³/mol. The topological polar surface area (TPSA) is 77.1 Å². The number of carbonyl (C=O) groups is 2. The van der Waals surface area contributed by atoms with E-state index < -0.39 is 5.92 Å². The van der Waals surface area contributed by atoms with E-state index in [-0.39, 0.29) is 24.3 Å². The predicted octanol–water partition coefficient (Wildman–Crippen LogP) is 2.18. The Kier molecular flexibility index (Phi) is 6.50. The van der Waals surface area contributed by atoms with E-state index in [0.29, 0.717) is 35.4 Å². The maximum Gasteiger partial charge on any atom is 0.229 e. The van der Waals surface area contributed by atoms with Gasteiger partial charge in [-0.3, -0.25) is 9.59 Å². The van der Waals surface area contributed by atoms with Crippen molar-refractivity contribution in [1.82, 2.24) is 4.90 Å². The van der Waals surface area contributed by atoms with Crippen LogP contribution in [0.25, 0.3) is 0 Å². The van der Waals surface area contributed by atoms with Crippen LogP contribution in [0.3, 0.4) is 0 Å². The van der Waals surface area contributed by atoms with Crippen LogP contribution in [0.5, 0.6) is 11.5 Å². The fourth-order valence-corrected chi connectivity index (χ4v) is 3.09. The Bertz CT molecular complexity index is 652. The zero-order valence-corrected chi connectivity index (χ0v) is 15.6. The first-order chi connectivity index (χ1) is 11.9. The molecule has 1 heterocycles. The molecule has 1 fully saturated rings. The first-order valence-electron chi connectivity index (χ1n) is 7.92. The third-order valence-corrected chi connectivity index (χ3v) is 4.50. The number of anilines is 1. The number of ether oxygens (including phenoxy) is 3. The number of hydrogen-bond donors (Lipinski definition) is 1. The average molecular weight is 371 g/mol. The highest BCUT2D eigenvalue weighted by Crippen LogP contribution is 2.36. The van der Waals surface area contributed by atoms with Crippen LogP contribution in [0.2, 0.25) is 5.02 Å². The molecule has 138 valence electrons. The molecule has 1 aliphatic rings. The van der Waals surface area contributed by atoms with Gasteiger partial charge in [0.25, 0.3) is 0 Å². The van der Waals surface area contributed by atoms with E-state index in [2.05, 4.69) is 5.32 Å². The lowest BCUT2D eigenvalue weighted by atomic mass is 10.1. The Labute approximate surface area is 152 Å². The third-order valence-electron chi connectivity index (χ3n) is 4.20. The van der Waals surface area contributed by atoms with Crippen LogP contribution < -0.4 is 14.8 Å². The van der Waals surface area contributed by atoms with Crippen molar-refractivity contribution in [3.05, 3.63) is 17.2 Å². The van der Waals surface area contributed by atoms with Gasteiger partial charge in [-0.15, -0.1) is 0 Å². The first kappa shape index (κ1) is 19.3. The fourth-order valence-electron chi connectivity index (χ4n) is 2.86. The number of carbonyl (C=O) groups excluding carboxylic acids is 2. The molecule has 1 aromatic rings. The van der Waals surface area contributed by atoms with Crippen LogP contribution in [-0.4, -0.2) is 57.2 Å². The molecule has 0 aliphatic carbocycles. The van der Waals surface area contributed by atoms with Gasteiger partial charge in [0, 0.05) is 32.2 Å². The average Bonchev–Trinajstić information content (AvgIpc) is 2.98. The number of likely N-dealkylation sites (tertiary alicyclic amines) is 1. The summed E-state index contributed by atoms with van der Waals surface area (Å²) < 4.78 is 15.5. The summed E-state index contributed by atoms with van der Waals surface area (Å²) in [7, 11) is 4.56. The maximum atomic E-state index is 12.6. The Hall–Kier alpha value is -1.99. The van der Waals surface area contributed by atoms with Crippen LogP contribution in [-0.2, 0) is 14.3 Å². The van der Waals surface area contributed by atoms with Crippen molar-refractivity contribution in [2.45, 2.75) is 19.4 Å². The minimum Gasteiger partial charge on any atom is -0.495 e. The van der Waals surface area contributed by atoms with E-state index in [1.54, 1.807) is 24.1 Å². The van der Waals surface area contributed by atoms with Crippen LogP contribution in [0.4, 0.5) is 5.69 Å². The van der Waals surface area contributed by atoms with Gasteiger partial charge >= 0.3 is 0 Å². The van der Waals surface area contributed by atoms with Gasteiger partial charge in [0.1, 0.15) is 11.5 Å². The second-order valence-corrected chi connectivity index (χ2v) is 6.33. The number of nitrogens with one attached hydrogen (secondary N) is 1. The number of methoxy groups -OCH3 is 3. The summed E-state index contributed by atoms with van der Waals surface area (Å²) >= 11 is 6.07. The van der Waals surface area contributed by atoms with Crippen molar-refractivity contribution in [2.24, 2.45) is 5.92 Å². The van der Waals surface area contributed by atoms with Gasteiger partial charge < -0.3 is 24.4 Å². The van der Waals surface area contributed by atoms with Gasteiger partial charge in [-0.05, 0) is 6.92 Å². The van der Waals surface area contributed by atoms with Crippen molar-refractivity contribution in [3.63, 3.8) is 0 Å². The van der Waals surface area contributed by atoms with Gasteiger partial charge in [-0.25, -0.2) is 0 Å². The molecular weight excluding hydrogens is 348 g/mol. The van der Waals surface area contributed by atoms with Crippen LogP contribution in [0, 0.1) is 5.92 Å². The van der Waals surface area contributed by atoms with Gasteiger partial charge in [-0.1, -0.05) is 11.6 Å². The summed E-state index contributed by atoms with van der Waals surface area (Å²) in [6.07, 6.45) is 0.174. The quantitative estimate of drug-likeness (QED) is 0.796. The Morgan fingerprint density at radius 1 is 1.32 bits per heavy atom. The molecule has 0 spiro atoms. The van der Waals surface area contributed by atoms with Gasteiger partial charge in [0.15, 0.2) is 0 Å². The number of hydrogen-bond acceptors (Lipinski definition) is 5. The van der Waals surface area contributed by atoms with E-state index in [4.69, 9.17) is 25.8 Å². The summed E-state index contributed by atoms with van der Waals surface area (Å²) in [6.45, 7) is 2.69. The maximum absolute atomic E-state index is 12.6. The van der Waals surface area contributed by atoms with E-state index in [0.717, 1.165) is 0 Å². The SMILES string of the molecule is COC[C@H](C)N1C[C@@H](C(=O)Nc2cc(OC)c(Cl)cc2OC)CC1=O. The highest BCUT2D eigenvalue weighted by molar-refractivity contribution is 6.32. The summed E-state index contributed by atoms with van der Waals surface area (Å²) in [5.41, 5.74) is 0.449. The molecule has 7 nitrogen and oxygen atoms in total. The zero-order chi connectivity index (χ0) is 18.6. The molecule has 8 heteroatoms. The molecule has 1 aliphatic heterocycles. The van der Waals surface area contributed by atoms with E-state index in [9.17, 15) is 9.59 Å². The smallest absolute Gasteiger partial charge is 0.229 e. The second kappa shape index (κ2) is 8.40. The van der Waals surface area contributed by atoms with Crippen molar-refractivity contribution < 1.29 is 23.8 Å². The highest BCUT2D eigenvalue weighted by Gasteiger charge is 2.36. The minimum atomic E-state index is -0.432. The molecule has 2 rings (SSSR count). The molecular formula is C17H23ClN2O5. The number of amides is 2. The molecule has 2 atom stereocenters. The van der Waals surface area contributed by atoms with Gasteiger partial charge in [0.05, 0.1) is 43.5 Å². The Morgan fingerprint density at radius 3 is 2.60 bits per heavy atom. The lowest BCUT2D eigenvalue weighted by Gasteiger charge is -2.24. The Morgan fingerprint density at radius 2 is 2.00 bits per heavy atom. The van der Waals surface area contributed by atoms with Crippen molar-refractivity contribution >= 4 is 29.1 Å². The lowest BCUT2D eigenvalue weighted by Crippen LogP contribution is -2.38. The molecule has 0 aromatic heterocycles. The number of rotatable bonds is 7. The largest absolute Gasteiger partial charge is 0.495 e. The van der Waals surface area contributed by atoms with Gasteiger partial charge in [-0.2, -0.15) is 0 Å². The molecule has 2 amide bonds. The normalized spacial score (nSPS) is 18.2. The zero-order valence-electron chi connectivity index (χ0n) is 14.8. The van der Waals surface area contributed by atoms with Crippen LogP contribution in [0.15, 0.2) is 12.1 Å².